The minimum atomic E-state index is -0.274. The predicted molar refractivity (Wildman–Crippen MR) is 102 cm³/mol. The van der Waals surface area contributed by atoms with Crippen molar-refractivity contribution in [2.24, 2.45) is 16.8 Å². The van der Waals surface area contributed by atoms with E-state index in [0.717, 1.165) is 30.8 Å². The highest BCUT2D eigenvalue weighted by Crippen LogP contribution is 2.66. The number of piperidine rings is 4. The number of esters is 1. The number of fused-ring (bicyclic) bond motifs is 2. The molecule has 0 radical (unpaired) electrons. The minimum absolute atomic E-state index is 0.137. The van der Waals surface area contributed by atoms with E-state index in [-0.39, 0.29) is 17.5 Å². The van der Waals surface area contributed by atoms with Crippen LogP contribution in [0, 0.1) is 11.8 Å². The Morgan fingerprint density at radius 1 is 1.41 bits per heavy atom. The third-order valence-corrected chi connectivity index (χ3v) is 7.78. The maximum absolute atomic E-state index is 12.1. The summed E-state index contributed by atoms with van der Waals surface area (Å²) >= 11 is 0. The van der Waals surface area contributed by atoms with E-state index < -0.39 is 0 Å². The molecule has 1 saturated carbocycles. The van der Waals surface area contributed by atoms with Crippen LogP contribution >= 0.6 is 0 Å². The highest BCUT2D eigenvalue weighted by atomic mass is 16.5. The summed E-state index contributed by atoms with van der Waals surface area (Å²) in [6.45, 7) is 4.72. The molecule has 0 amide bonds. The fourth-order valence-electron chi connectivity index (χ4n) is 6.93. The average molecular weight is 364 g/mol. The number of nitrogens with zero attached hydrogens (tertiary/aromatic N) is 2. The highest BCUT2D eigenvalue weighted by molar-refractivity contribution is 6.08. The maximum atomic E-state index is 12.1. The molecule has 0 N–H and O–H groups in total. The summed E-state index contributed by atoms with van der Waals surface area (Å²) in [5, 5.41) is 0. The van der Waals surface area contributed by atoms with Crippen LogP contribution in [-0.2, 0) is 14.9 Å². The standard InChI is InChI=1S/C22H24N2O3/c1-4-12-10-24-17-8-14(12)19-18(24)9-22(21(19)27-11(2)25)15-7-13(26-3)5-6-16(15)23-20(17)22/h4-7,14,17-19,21H,8-10H2,1-3H3/t14-,17-,18-,19-,21-,22+/m0/s1. The Hall–Kier alpha value is -2.14. The van der Waals surface area contributed by atoms with Crippen LogP contribution in [0.25, 0.3) is 0 Å². The summed E-state index contributed by atoms with van der Waals surface area (Å²) in [7, 11) is 1.70. The van der Waals surface area contributed by atoms with Crippen LogP contribution < -0.4 is 4.74 Å². The maximum Gasteiger partial charge on any atom is 0.302 e. The molecule has 5 aliphatic heterocycles. The molecule has 6 aliphatic rings. The van der Waals surface area contributed by atoms with Gasteiger partial charge in [-0.1, -0.05) is 11.6 Å². The van der Waals surface area contributed by atoms with E-state index in [4.69, 9.17) is 14.5 Å². The summed E-state index contributed by atoms with van der Waals surface area (Å²) in [4.78, 5) is 19.9. The van der Waals surface area contributed by atoms with E-state index in [1.54, 1.807) is 14.0 Å². The van der Waals surface area contributed by atoms with Crippen molar-refractivity contribution >= 4 is 17.4 Å². The molecule has 1 aliphatic carbocycles. The molecule has 5 nitrogen and oxygen atoms in total. The minimum Gasteiger partial charge on any atom is -0.497 e. The van der Waals surface area contributed by atoms with Gasteiger partial charge in [-0.3, -0.25) is 14.7 Å². The first-order chi connectivity index (χ1) is 13.1. The molecule has 1 unspecified atom stereocenters. The van der Waals surface area contributed by atoms with Gasteiger partial charge in [-0.25, -0.2) is 0 Å². The first-order valence-corrected chi connectivity index (χ1v) is 9.94. The average Bonchev–Trinajstić information content (AvgIpc) is 3.14. The number of ether oxygens (including phenoxy) is 2. The van der Waals surface area contributed by atoms with Crippen LogP contribution in [0.15, 0.2) is 34.8 Å². The van der Waals surface area contributed by atoms with Gasteiger partial charge in [0.15, 0.2) is 0 Å². The summed E-state index contributed by atoms with van der Waals surface area (Å²) in [6, 6.07) is 7.01. The fraction of sp³-hybridized carbons (Fsp3) is 0.545. The topological polar surface area (TPSA) is 51.1 Å². The van der Waals surface area contributed by atoms with E-state index in [0.29, 0.717) is 23.9 Å². The van der Waals surface area contributed by atoms with Crippen LogP contribution in [0.3, 0.4) is 0 Å². The van der Waals surface area contributed by atoms with Crippen molar-refractivity contribution in [2.75, 3.05) is 13.7 Å². The SMILES string of the molecule is CC=C1CN2[C@H]3C[C@@H]1[C@H]1[C@@H]2C[C@@]2(C3=Nc3ccc(OC)cc32)[C@H]1OC(C)=O. The number of hydrogen-bond acceptors (Lipinski definition) is 5. The number of hydrogen-bond donors (Lipinski definition) is 0. The van der Waals surface area contributed by atoms with Gasteiger partial charge in [0.2, 0.25) is 0 Å². The van der Waals surface area contributed by atoms with Crippen LogP contribution in [0.1, 0.15) is 32.3 Å². The molecule has 140 valence electrons. The first kappa shape index (κ1) is 15.9. The van der Waals surface area contributed by atoms with Gasteiger partial charge in [0, 0.05) is 25.4 Å². The Morgan fingerprint density at radius 2 is 2.26 bits per heavy atom. The first-order valence-electron chi connectivity index (χ1n) is 9.94. The van der Waals surface area contributed by atoms with Gasteiger partial charge >= 0.3 is 5.97 Å². The van der Waals surface area contributed by atoms with Crippen molar-refractivity contribution in [3.63, 3.8) is 0 Å². The summed E-state index contributed by atoms with van der Waals surface area (Å²) in [5.41, 5.74) is 4.69. The summed E-state index contributed by atoms with van der Waals surface area (Å²) in [6.07, 6.45) is 4.24. The highest BCUT2D eigenvalue weighted by Gasteiger charge is 2.73. The lowest BCUT2D eigenvalue weighted by Crippen LogP contribution is -2.64. The lowest BCUT2D eigenvalue weighted by Gasteiger charge is -2.55. The van der Waals surface area contributed by atoms with Crippen molar-refractivity contribution in [3.05, 3.63) is 35.4 Å². The number of rotatable bonds is 2. The second-order valence-corrected chi connectivity index (χ2v) is 8.62. The molecule has 7 rings (SSSR count). The van der Waals surface area contributed by atoms with Gasteiger partial charge in [-0.2, -0.15) is 0 Å². The smallest absolute Gasteiger partial charge is 0.302 e. The van der Waals surface area contributed by atoms with Gasteiger partial charge < -0.3 is 9.47 Å². The van der Waals surface area contributed by atoms with Crippen LogP contribution in [0.5, 0.6) is 5.75 Å². The molecule has 5 fully saturated rings. The molecule has 5 heteroatoms. The Morgan fingerprint density at radius 3 is 3.00 bits per heavy atom. The van der Waals surface area contributed by atoms with Crippen molar-refractivity contribution in [1.82, 2.24) is 4.90 Å². The quantitative estimate of drug-likeness (QED) is 0.598. The number of allylic oxidation sites excluding steroid dienone is 1. The normalized spacial score (nSPS) is 43.5. The molecule has 5 bridgehead atoms. The fourth-order valence-corrected chi connectivity index (χ4v) is 6.93. The van der Waals surface area contributed by atoms with Crippen molar-refractivity contribution in [3.8, 4) is 5.75 Å². The third kappa shape index (κ3) is 1.70. The zero-order chi connectivity index (χ0) is 18.5. The molecule has 27 heavy (non-hydrogen) atoms. The van der Waals surface area contributed by atoms with Gasteiger partial charge in [0.05, 0.1) is 30.0 Å². The van der Waals surface area contributed by atoms with Crippen LogP contribution in [-0.4, -0.2) is 48.4 Å². The molecule has 5 heterocycles. The van der Waals surface area contributed by atoms with Crippen molar-refractivity contribution in [2.45, 2.75) is 50.3 Å². The third-order valence-electron chi connectivity index (χ3n) is 7.78. The number of aliphatic imine (C=N–C) groups is 1. The van der Waals surface area contributed by atoms with Gasteiger partial charge in [-0.05, 0) is 49.4 Å². The van der Waals surface area contributed by atoms with E-state index in [1.807, 2.05) is 6.07 Å². The van der Waals surface area contributed by atoms with Crippen LogP contribution in [0.4, 0.5) is 5.69 Å². The lowest BCUT2D eigenvalue weighted by molar-refractivity contribution is -0.152. The Balaban J connectivity index is 1.60. The molecule has 1 spiro atoms. The monoisotopic (exact) mass is 364 g/mol. The molecule has 1 aromatic rings. The number of carbonyl (C=O) groups excluding carboxylic acids is 1. The predicted octanol–water partition coefficient (Wildman–Crippen LogP) is 3.00. The summed E-state index contributed by atoms with van der Waals surface area (Å²) < 4.78 is 11.6. The van der Waals surface area contributed by atoms with E-state index in [9.17, 15) is 4.79 Å². The second-order valence-electron chi connectivity index (χ2n) is 8.62. The molecule has 7 atom stereocenters. The zero-order valence-corrected chi connectivity index (χ0v) is 15.9. The molecule has 4 saturated heterocycles. The number of carbonyl (C=O) groups is 1. The number of methoxy groups -OCH3 is 1. The Kier molecular flexibility index (Phi) is 2.95. The van der Waals surface area contributed by atoms with E-state index in [1.165, 1.54) is 16.8 Å². The zero-order valence-electron chi connectivity index (χ0n) is 15.9. The number of benzene rings is 1. The second kappa shape index (κ2) is 5.02. The van der Waals surface area contributed by atoms with E-state index >= 15 is 0 Å². The van der Waals surface area contributed by atoms with Gasteiger partial charge in [0.25, 0.3) is 0 Å². The molecule has 1 aromatic carbocycles. The molecule has 0 aromatic heterocycles. The van der Waals surface area contributed by atoms with Crippen molar-refractivity contribution in [1.29, 1.82) is 0 Å². The van der Waals surface area contributed by atoms with Gasteiger partial charge in [0.1, 0.15) is 11.9 Å². The molecular weight excluding hydrogens is 340 g/mol. The molecular formula is C22H24N2O3. The van der Waals surface area contributed by atoms with E-state index in [2.05, 4.69) is 30.0 Å². The summed E-state index contributed by atoms with van der Waals surface area (Å²) in [5.74, 6) is 1.52. The lowest BCUT2D eigenvalue weighted by atomic mass is 9.66. The van der Waals surface area contributed by atoms with Crippen molar-refractivity contribution < 1.29 is 14.3 Å². The Labute approximate surface area is 159 Å². The van der Waals surface area contributed by atoms with Crippen LogP contribution in [0.2, 0.25) is 0 Å². The van der Waals surface area contributed by atoms with Gasteiger partial charge in [-0.15, -0.1) is 0 Å². The largest absolute Gasteiger partial charge is 0.497 e. The Bertz CT molecular complexity index is 935.